The second-order valence-corrected chi connectivity index (χ2v) is 19.4. The Labute approximate surface area is 293 Å². The first-order valence-electron chi connectivity index (χ1n) is 13.2. The summed E-state index contributed by atoms with van der Waals surface area (Å²) in [6, 6.07) is 6.26. The molecule has 0 aliphatic heterocycles. The van der Waals surface area contributed by atoms with Gasteiger partial charge in [0.25, 0.3) is 10.1 Å². The molecular weight excluding hydrogens is 847 g/mol. The van der Waals surface area contributed by atoms with E-state index in [0.717, 1.165) is 24.3 Å². The molecule has 0 heterocycles. The van der Waals surface area contributed by atoms with Gasteiger partial charge >= 0.3 is 256 Å². The normalized spacial score (nSPS) is 13.2. The SMILES string of the molecule is O=S(=O)(O)c1cc(O)c2c(O)cc(S(=O)(=O)O)c(N=Nc3c(S(=O)(=O)Oc4ccccc4[As](=O)(O)O)cc(O)c4c(O)cc(S(=O)(=O)O)cc34)c2c1. The van der Waals surface area contributed by atoms with E-state index in [1.165, 1.54) is 0 Å². The van der Waals surface area contributed by atoms with Gasteiger partial charge in [-0.05, 0) is 0 Å². The van der Waals surface area contributed by atoms with E-state index in [9.17, 15) is 79.7 Å². The molecule has 0 bridgehead atoms. The van der Waals surface area contributed by atoms with E-state index < -0.39 is 140 Å². The molecule has 0 fully saturated rings. The second-order valence-electron chi connectivity index (χ2n) is 10.4. The summed E-state index contributed by atoms with van der Waals surface area (Å²) in [6.45, 7) is 0. The molecule has 52 heavy (non-hydrogen) atoms. The summed E-state index contributed by atoms with van der Waals surface area (Å²) in [5.74, 6) is -5.44. The molecular formula is C26H19AsN2O19S4. The Balaban J connectivity index is 1.95. The first kappa shape index (κ1) is 38.4. The predicted octanol–water partition coefficient (Wildman–Crippen LogP) is 1.30. The summed E-state index contributed by atoms with van der Waals surface area (Å²) >= 11 is -5.94. The number of aromatic hydroxyl groups is 4. The number of phenols is 4. The Hall–Kier alpha value is -4.82. The van der Waals surface area contributed by atoms with E-state index >= 15 is 0 Å². The zero-order valence-electron chi connectivity index (χ0n) is 24.9. The number of para-hydroxylation sites is 1. The number of fused-ring (bicyclic) bond motifs is 2. The van der Waals surface area contributed by atoms with E-state index in [1.54, 1.807) is 0 Å². The molecule has 0 amide bonds. The van der Waals surface area contributed by atoms with Gasteiger partial charge in [0.15, 0.2) is 0 Å². The molecule has 0 saturated carbocycles. The molecule has 5 aromatic carbocycles. The molecule has 0 atom stereocenters. The monoisotopic (exact) mass is 866 g/mol. The molecule has 9 N–H and O–H groups in total. The van der Waals surface area contributed by atoms with Crippen LogP contribution in [0.25, 0.3) is 21.5 Å². The molecule has 0 radical (unpaired) electrons. The van der Waals surface area contributed by atoms with Crippen molar-refractivity contribution in [2.75, 3.05) is 0 Å². The van der Waals surface area contributed by atoms with E-state index in [2.05, 4.69) is 10.2 Å². The Morgan fingerprint density at radius 2 is 0.962 bits per heavy atom. The van der Waals surface area contributed by atoms with Gasteiger partial charge < -0.3 is 10.2 Å². The first-order valence-corrected chi connectivity index (χ1v) is 22.3. The maximum atomic E-state index is 13.8. The Bertz CT molecular complexity index is 2900. The van der Waals surface area contributed by atoms with Crippen LogP contribution >= 0.6 is 0 Å². The van der Waals surface area contributed by atoms with Crippen LogP contribution in [0, 0.1) is 0 Å². The molecule has 276 valence electrons. The van der Waals surface area contributed by atoms with E-state index in [4.69, 9.17) is 4.18 Å². The molecule has 0 aliphatic carbocycles. The van der Waals surface area contributed by atoms with Gasteiger partial charge in [-0.15, -0.1) is 0 Å². The number of phenolic OH excluding ortho intramolecular Hbond substituents is 4. The average molecular weight is 867 g/mol. The van der Waals surface area contributed by atoms with Crippen molar-refractivity contribution in [2.24, 2.45) is 10.2 Å². The summed E-state index contributed by atoms with van der Waals surface area (Å²) in [5, 5.41) is 46.2. The van der Waals surface area contributed by atoms with Crippen LogP contribution in [0.4, 0.5) is 11.4 Å². The number of benzene rings is 5. The Morgan fingerprint density at radius 3 is 1.38 bits per heavy atom. The zero-order valence-corrected chi connectivity index (χ0v) is 30.0. The van der Waals surface area contributed by atoms with Crippen molar-refractivity contribution in [3.63, 3.8) is 0 Å². The number of hydrogen-bond donors (Lipinski definition) is 9. The fraction of sp³-hybridized carbons (Fsp3) is 0. The van der Waals surface area contributed by atoms with Gasteiger partial charge in [-0.2, -0.15) is 8.42 Å². The molecule has 0 saturated heterocycles. The van der Waals surface area contributed by atoms with Crippen LogP contribution in [0.2, 0.25) is 0 Å². The summed E-state index contributed by atoms with van der Waals surface area (Å²) < 4.78 is 165. The van der Waals surface area contributed by atoms with Gasteiger partial charge in [0, 0.05) is 6.07 Å². The fourth-order valence-corrected chi connectivity index (χ4v) is 9.23. The van der Waals surface area contributed by atoms with E-state index in [-0.39, 0.29) is 0 Å². The third-order valence-corrected chi connectivity index (χ3v) is 12.8. The van der Waals surface area contributed by atoms with Gasteiger partial charge in [-0.25, -0.2) is 0 Å². The number of rotatable bonds is 9. The number of nitrogens with zero attached hydrogens (tertiary/aromatic N) is 2. The van der Waals surface area contributed by atoms with Gasteiger partial charge in [-0.3, -0.25) is 4.55 Å². The van der Waals surface area contributed by atoms with Crippen molar-refractivity contribution in [3.8, 4) is 28.7 Å². The average Bonchev–Trinajstić information content (AvgIpc) is 2.98. The number of hydrogen-bond acceptors (Lipinski definition) is 16. The topological polar surface area (TPSA) is 370 Å². The third-order valence-electron chi connectivity index (χ3n) is 6.98. The second kappa shape index (κ2) is 12.7. The quantitative estimate of drug-likeness (QED) is 0.0436. The number of azo groups is 1. The Morgan fingerprint density at radius 1 is 0.558 bits per heavy atom. The fourth-order valence-electron chi connectivity index (χ4n) is 4.83. The van der Waals surface area contributed by atoms with Gasteiger partial charge in [0.2, 0.25) is 0 Å². The molecule has 0 aromatic heterocycles. The van der Waals surface area contributed by atoms with Crippen molar-refractivity contribution in [3.05, 3.63) is 60.7 Å². The van der Waals surface area contributed by atoms with Crippen LogP contribution in [0.5, 0.6) is 28.7 Å². The summed E-state index contributed by atoms with van der Waals surface area (Å²) in [7, 11) is -21.5. The van der Waals surface area contributed by atoms with Gasteiger partial charge in [-0.1, -0.05) is 0 Å². The minimum absolute atomic E-state index is 0.303. The van der Waals surface area contributed by atoms with Crippen LogP contribution < -0.4 is 8.53 Å². The van der Waals surface area contributed by atoms with Gasteiger partial charge in [0.05, 0.1) is 0 Å². The first-order chi connectivity index (χ1) is 23.7. The Kier molecular flexibility index (Phi) is 9.37. The van der Waals surface area contributed by atoms with Crippen molar-refractivity contribution >= 4 is 91.9 Å². The minimum atomic E-state index is -5.94. The van der Waals surface area contributed by atoms with Crippen LogP contribution in [-0.2, 0) is 44.2 Å². The van der Waals surface area contributed by atoms with Crippen molar-refractivity contribution < 1.29 is 83.9 Å². The van der Waals surface area contributed by atoms with E-state index in [0.29, 0.717) is 36.4 Å². The molecule has 5 aromatic rings. The van der Waals surface area contributed by atoms with Crippen LogP contribution in [-0.4, -0.2) is 90.1 Å². The standard InChI is InChI=1S/C26H19AsN2O19S4/c30-16-7-11(49(37,38)39)5-13-23(16)18(32)9-21(51(43,44)45)25(13)28-29-26-14-6-12(50(40,41)42)8-17(31)24(14)19(33)10-22(26)52(46,47)48-20-4-2-1-3-15(20)27(34,35)36/h1-10,30-33H,(H2,34,35,36)(H,37,38,39)(H,40,41,42)(H,43,44,45). The maximum absolute atomic E-state index is 13.8. The van der Waals surface area contributed by atoms with Crippen molar-refractivity contribution in [1.29, 1.82) is 0 Å². The van der Waals surface area contributed by atoms with Crippen molar-refractivity contribution in [2.45, 2.75) is 19.6 Å². The summed E-state index contributed by atoms with van der Waals surface area (Å²) in [5.41, 5.74) is -2.35. The van der Waals surface area contributed by atoms with E-state index in [1.807, 2.05) is 0 Å². The predicted molar refractivity (Wildman–Crippen MR) is 173 cm³/mol. The van der Waals surface area contributed by atoms with Crippen LogP contribution in [0.15, 0.2) is 90.5 Å². The van der Waals surface area contributed by atoms with Crippen molar-refractivity contribution in [1.82, 2.24) is 0 Å². The summed E-state index contributed by atoms with van der Waals surface area (Å²) in [6.07, 6.45) is 0. The molecule has 0 unspecified atom stereocenters. The third kappa shape index (κ3) is 7.26. The van der Waals surface area contributed by atoms with Crippen LogP contribution in [0.1, 0.15) is 0 Å². The van der Waals surface area contributed by atoms with Gasteiger partial charge in [0.1, 0.15) is 0 Å². The molecule has 26 heteroatoms. The summed E-state index contributed by atoms with van der Waals surface area (Å²) in [4.78, 5) is -4.98. The molecule has 21 nitrogen and oxygen atoms in total. The molecule has 5 rings (SSSR count). The molecule has 0 spiro atoms. The molecule has 0 aliphatic rings. The van der Waals surface area contributed by atoms with Crippen LogP contribution in [0.3, 0.4) is 0 Å². The zero-order chi connectivity index (χ0) is 38.9.